The topological polar surface area (TPSA) is 100 Å². The maximum Gasteiger partial charge on any atom is 0.323 e. The molecule has 3 aromatic rings. The third-order valence-corrected chi connectivity index (χ3v) is 3.58. The van der Waals surface area contributed by atoms with E-state index in [4.69, 9.17) is 11.5 Å². The Hall–Kier alpha value is -3.35. The van der Waals surface area contributed by atoms with E-state index in [2.05, 4.69) is 4.94 Å². The summed E-state index contributed by atoms with van der Waals surface area (Å²) in [5.41, 5.74) is 12.8. The van der Waals surface area contributed by atoms with E-state index in [9.17, 15) is 14.1 Å². The number of rotatable bonds is 3. The van der Waals surface area contributed by atoms with Crippen molar-refractivity contribution in [1.29, 1.82) is 0 Å². The van der Waals surface area contributed by atoms with Gasteiger partial charge in [0.1, 0.15) is 0 Å². The second kappa shape index (κ2) is 5.45. The number of aromatic nitrogens is 1. The molecule has 1 aromatic heterocycles. The molecule has 0 unspecified atom stereocenters. The molecule has 23 heavy (non-hydrogen) atoms. The maximum absolute atomic E-state index is 12.4. The van der Waals surface area contributed by atoms with Gasteiger partial charge in [-0.3, -0.25) is 14.3 Å². The normalized spacial score (nSPS) is 10.7. The molecule has 0 fully saturated rings. The Labute approximate surface area is 130 Å². The predicted octanol–water partition coefficient (Wildman–Crippen LogP) is 2.60. The minimum atomic E-state index is -0.703. The van der Waals surface area contributed by atoms with Gasteiger partial charge >= 0.3 is 6.03 Å². The summed E-state index contributed by atoms with van der Waals surface area (Å²) in [4.78, 5) is 26.4. The van der Waals surface area contributed by atoms with E-state index in [0.717, 1.165) is 5.56 Å². The molecule has 7 heteroatoms. The van der Waals surface area contributed by atoms with Crippen molar-refractivity contribution >= 4 is 22.8 Å². The fourth-order valence-electron chi connectivity index (χ4n) is 2.48. The summed E-state index contributed by atoms with van der Waals surface area (Å²) in [6.45, 7) is 0. The summed E-state index contributed by atoms with van der Waals surface area (Å²) in [6, 6.07) is 10.3. The van der Waals surface area contributed by atoms with E-state index >= 15 is 0 Å². The molecule has 3 rings (SSSR count). The molecule has 116 valence electrons. The quantitative estimate of drug-likeness (QED) is 0.777. The number of nitrogens with zero attached hydrogens (tertiary/aromatic N) is 1. The maximum atomic E-state index is 12.4. The second-order valence-electron chi connectivity index (χ2n) is 4.95. The third kappa shape index (κ3) is 2.48. The van der Waals surface area contributed by atoms with E-state index < -0.39 is 11.9 Å². The van der Waals surface area contributed by atoms with Crippen LogP contribution in [0.15, 0.2) is 48.7 Å². The van der Waals surface area contributed by atoms with Crippen LogP contribution < -0.4 is 16.4 Å². The largest absolute Gasteiger partial charge is 0.366 e. The van der Waals surface area contributed by atoms with Crippen molar-refractivity contribution < 1.29 is 19.1 Å². The Morgan fingerprint density at radius 3 is 2.30 bits per heavy atom. The van der Waals surface area contributed by atoms with Crippen LogP contribution in [0.1, 0.15) is 10.4 Å². The smallest absolute Gasteiger partial charge is 0.323 e. The summed E-state index contributed by atoms with van der Waals surface area (Å²) < 4.78 is 13.6. The summed E-state index contributed by atoms with van der Waals surface area (Å²) in [5.74, 6) is -0.561. The van der Waals surface area contributed by atoms with Crippen LogP contribution in [-0.2, 0) is 0 Å². The lowest BCUT2D eigenvalue weighted by atomic mass is 10.0. The molecule has 0 spiro atoms. The molecule has 2 amide bonds. The minimum Gasteiger partial charge on any atom is -0.366 e. The highest BCUT2D eigenvalue weighted by Crippen LogP contribution is 2.33. The highest BCUT2D eigenvalue weighted by Gasteiger charge is 2.14. The summed E-state index contributed by atoms with van der Waals surface area (Å²) >= 11 is 0. The third-order valence-electron chi connectivity index (χ3n) is 3.58. The van der Waals surface area contributed by atoms with Gasteiger partial charge in [-0.1, -0.05) is 12.1 Å². The number of hydrogen-bond donors (Lipinski definition) is 2. The first-order valence-corrected chi connectivity index (χ1v) is 6.65. The van der Waals surface area contributed by atoms with E-state index in [0.29, 0.717) is 22.0 Å². The average Bonchev–Trinajstić information content (AvgIpc) is 2.93. The molecule has 0 aliphatic heterocycles. The number of nitrogens with two attached hydrogens (primary N) is 2. The summed E-state index contributed by atoms with van der Waals surface area (Å²) in [7, 11) is 0. The lowest BCUT2D eigenvalue weighted by Crippen LogP contribution is -2.18. The Bertz CT molecular complexity index is 916. The van der Waals surface area contributed by atoms with Crippen LogP contribution in [0.2, 0.25) is 0 Å². The van der Waals surface area contributed by atoms with Gasteiger partial charge < -0.3 is 11.5 Å². The number of benzene rings is 2. The molecule has 0 saturated carbocycles. The number of hydrogen-bond acceptors (Lipinski definition) is 3. The first-order valence-electron chi connectivity index (χ1n) is 6.65. The Kier molecular flexibility index (Phi) is 3.46. The average molecular weight is 313 g/mol. The highest BCUT2D eigenvalue weighted by atomic mass is 19.3. The van der Waals surface area contributed by atoms with E-state index in [1.807, 2.05) is 0 Å². The SMILES string of the molecule is NC(=O)c1ccc(-c2cn(C(N)=O)c3cc(OF)ccc23)cc1. The number of fused-ring (bicyclic) bond motifs is 1. The van der Waals surface area contributed by atoms with Crippen LogP contribution in [0.3, 0.4) is 0 Å². The number of primary amides is 2. The number of carbonyl (C=O) groups is 2. The van der Waals surface area contributed by atoms with Crippen molar-refractivity contribution in [2.45, 2.75) is 0 Å². The van der Waals surface area contributed by atoms with E-state index in [1.165, 1.54) is 16.7 Å². The molecule has 0 bridgehead atoms. The van der Waals surface area contributed by atoms with Gasteiger partial charge in [-0.2, -0.15) is 0 Å². The van der Waals surface area contributed by atoms with Crippen LogP contribution in [0.4, 0.5) is 9.32 Å². The lowest BCUT2D eigenvalue weighted by Gasteiger charge is -2.01. The van der Waals surface area contributed by atoms with Crippen LogP contribution >= 0.6 is 0 Å². The van der Waals surface area contributed by atoms with Gasteiger partial charge in [0.15, 0.2) is 5.75 Å². The van der Waals surface area contributed by atoms with Crippen molar-refractivity contribution in [1.82, 2.24) is 4.57 Å². The molecule has 0 aliphatic carbocycles. The van der Waals surface area contributed by atoms with Crippen LogP contribution in [-0.4, -0.2) is 16.5 Å². The van der Waals surface area contributed by atoms with E-state index in [1.54, 1.807) is 36.5 Å². The van der Waals surface area contributed by atoms with Gasteiger partial charge in [-0.15, -0.1) is 0 Å². The van der Waals surface area contributed by atoms with E-state index in [-0.39, 0.29) is 5.75 Å². The van der Waals surface area contributed by atoms with Gasteiger partial charge in [0, 0.05) is 33.3 Å². The Morgan fingerprint density at radius 1 is 1.04 bits per heavy atom. The van der Waals surface area contributed by atoms with Crippen LogP contribution in [0.25, 0.3) is 22.0 Å². The Balaban J connectivity index is 2.21. The highest BCUT2D eigenvalue weighted by molar-refractivity contribution is 6.02. The standard InChI is InChI=1S/C16H12FN3O3/c17-23-11-5-6-12-13(8-20(16(19)22)14(12)7-11)9-1-3-10(4-2-9)15(18)21/h1-8H,(H2,18,21)(H2,19,22). The van der Waals surface area contributed by atoms with Crippen molar-refractivity contribution in [2.24, 2.45) is 11.5 Å². The molecule has 0 atom stereocenters. The van der Waals surface area contributed by atoms with Crippen LogP contribution in [0.5, 0.6) is 5.75 Å². The van der Waals surface area contributed by atoms with Gasteiger partial charge in [0.05, 0.1) is 5.52 Å². The van der Waals surface area contributed by atoms with Crippen LogP contribution in [0, 0.1) is 0 Å². The fourth-order valence-corrected chi connectivity index (χ4v) is 2.48. The molecule has 1 heterocycles. The monoisotopic (exact) mass is 313 g/mol. The molecule has 6 nitrogen and oxygen atoms in total. The lowest BCUT2D eigenvalue weighted by molar-refractivity contribution is -0.00605. The fraction of sp³-hybridized carbons (Fsp3) is 0. The molecule has 2 aromatic carbocycles. The summed E-state index contributed by atoms with van der Waals surface area (Å²) in [5, 5.41) is 0.691. The van der Waals surface area contributed by atoms with Gasteiger partial charge in [0.2, 0.25) is 5.91 Å². The number of carbonyl (C=O) groups excluding carboxylic acids is 2. The van der Waals surface area contributed by atoms with Crippen molar-refractivity contribution in [3.05, 3.63) is 54.2 Å². The van der Waals surface area contributed by atoms with Crippen molar-refractivity contribution in [3.8, 4) is 16.9 Å². The molecular formula is C16H12FN3O3. The first-order chi connectivity index (χ1) is 11.0. The van der Waals surface area contributed by atoms with Gasteiger partial charge in [-0.25, -0.2) is 4.79 Å². The molecule has 0 aliphatic rings. The zero-order chi connectivity index (χ0) is 16.6. The first kappa shape index (κ1) is 14.6. The predicted molar refractivity (Wildman–Crippen MR) is 82.6 cm³/mol. The van der Waals surface area contributed by atoms with Crippen molar-refractivity contribution in [3.63, 3.8) is 0 Å². The Morgan fingerprint density at radius 2 is 1.74 bits per heavy atom. The zero-order valence-corrected chi connectivity index (χ0v) is 11.8. The minimum absolute atomic E-state index is 0.0336. The summed E-state index contributed by atoms with van der Waals surface area (Å²) in [6.07, 6.45) is 1.55. The second-order valence-corrected chi connectivity index (χ2v) is 4.95. The zero-order valence-electron chi connectivity index (χ0n) is 11.8. The molecule has 0 saturated heterocycles. The van der Waals surface area contributed by atoms with Gasteiger partial charge in [0.25, 0.3) is 0 Å². The number of amides is 2. The number of halogens is 1. The van der Waals surface area contributed by atoms with Gasteiger partial charge in [-0.05, 0) is 29.8 Å². The van der Waals surface area contributed by atoms with Crippen molar-refractivity contribution in [2.75, 3.05) is 0 Å². The molecule has 0 radical (unpaired) electrons. The molecule has 4 N–H and O–H groups in total. The molecular weight excluding hydrogens is 301 g/mol.